The van der Waals surface area contributed by atoms with Crippen LogP contribution in [-0.4, -0.2) is 15.0 Å². The number of nitrogens with one attached hydrogen (secondary N) is 1. The monoisotopic (exact) mass is 276 g/mol. The molecule has 2 heterocycles. The van der Waals surface area contributed by atoms with Crippen LogP contribution in [0.15, 0.2) is 48.5 Å². The zero-order valence-electron chi connectivity index (χ0n) is 11.9. The summed E-state index contributed by atoms with van der Waals surface area (Å²) in [5, 5.41) is 12.3. The third-order valence-corrected chi connectivity index (χ3v) is 3.99. The summed E-state index contributed by atoms with van der Waals surface area (Å²) < 4.78 is 1.97. The molecule has 1 aliphatic rings. The summed E-state index contributed by atoms with van der Waals surface area (Å²) in [4.78, 5) is 0. The summed E-state index contributed by atoms with van der Waals surface area (Å²) in [5.41, 5.74) is 6.83. The molecule has 0 atom stereocenters. The molecule has 0 fully saturated rings. The Hall–Kier alpha value is -2.46. The van der Waals surface area contributed by atoms with Crippen LogP contribution in [-0.2, 0) is 13.1 Å². The summed E-state index contributed by atoms with van der Waals surface area (Å²) in [6, 6.07) is 16.7. The molecule has 4 rings (SSSR count). The topological polar surface area (TPSA) is 42.7 Å². The molecule has 0 aliphatic carbocycles. The zero-order chi connectivity index (χ0) is 14.2. The Morgan fingerprint density at radius 2 is 1.81 bits per heavy atom. The average Bonchev–Trinajstić information content (AvgIpc) is 2.83. The first-order valence-electron chi connectivity index (χ1n) is 7.14. The van der Waals surface area contributed by atoms with Gasteiger partial charge in [-0.25, -0.2) is 4.68 Å². The van der Waals surface area contributed by atoms with Crippen LogP contribution in [0.4, 0.5) is 0 Å². The first-order chi connectivity index (χ1) is 10.3. The van der Waals surface area contributed by atoms with Gasteiger partial charge in [0.2, 0.25) is 0 Å². The van der Waals surface area contributed by atoms with E-state index in [0.717, 1.165) is 35.7 Å². The van der Waals surface area contributed by atoms with E-state index in [9.17, 15) is 0 Å². The van der Waals surface area contributed by atoms with Crippen molar-refractivity contribution in [3.8, 4) is 16.9 Å². The SMILES string of the molecule is Cc1ccccc1-c1nnn2c1CNCc1ccccc1-2. The largest absolute Gasteiger partial charge is 0.307 e. The highest BCUT2D eigenvalue weighted by molar-refractivity contribution is 5.66. The smallest absolute Gasteiger partial charge is 0.118 e. The van der Waals surface area contributed by atoms with Crippen LogP contribution in [0.25, 0.3) is 16.9 Å². The molecule has 21 heavy (non-hydrogen) atoms. The zero-order valence-corrected chi connectivity index (χ0v) is 11.9. The van der Waals surface area contributed by atoms with E-state index in [-0.39, 0.29) is 0 Å². The molecule has 0 bridgehead atoms. The number of nitrogens with zero attached hydrogens (tertiary/aromatic N) is 3. The number of hydrogen-bond donors (Lipinski definition) is 1. The Morgan fingerprint density at radius 1 is 1.00 bits per heavy atom. The number of hydrogen-bond acceptors (Lipinski definition) is 3. The van der Waals surface area contributed by atoms with Gasteiger partial charge in [-0.15, -0.1) is 5.10 Å². The van der Waals surface area contributed by atoms with Gasteiger partial charge < -0.3 is 5.32 Å². The van der Waals surface area contributed by atoms with Gasteiger partial charge in [-0.1, -0.05) is 47.7 Å². The summed E-state index contributed by atoms with van der Waals surface area (Å²) in [6.07, 6.45) is 0. The first-order valence-corrected chi connectivity index (χ1v) is 7.14. The lowest BCUT2D eigenvalue weighted by molar-refractivity contribution is 0.684. The summed E-state index contributed by atoms with van der Waals surface area (Å²) in [5.74, 6) is 0. The van der Waals surface area contributed by atoms with Crippen LogP contribution >= 0.6 is 0 Å². The highest BCUT2D eigenvalue weighted by atomic mass is 15.4. The van der Waals surface area contributed by atoms with E-state index in [0.29, 0.717) is 0 Å². The van der Waals surface area contributed by atoms with Gasteiger partial charge in [0, 0.05) is 18.7 Å². The maximum atomic E-state index is 4.44. The van der Waals surface area contributed by atoms with Gasteiger partial charge in [0.05, 0.1) is 11.4 Å². The lowest BCUT2D eigenvalue weighted by Crippen LogP contribution is -2.11. The van der Waals surface area contributed by atoms with Crippen molar-refractivity contribution < 1.29 is 0 Å². The van der Waals surface area contributed by atoms with Crippen LogP contribution in [0.3, 0.4) is 0 Å². The van der Waals surface area contributed by atoms with E-state index in [2.05, 4.69) is 59.0 Å². The number of para-hydroxylation sites is 1. The van der Waals surface area contributed by atoms with Gasteiger partial charge in [0.25, 0.3) is 0 Å². The fourth-order valence-electron chi connectivity index (χ4n) is 2.88. The minimum Gasteiger partial charge on any atom is -0.307 e. The second-order valence-corrected chi connectivity index (χ2v) is 5.34. The molecule has 1 aromatic heterocycles. The fraction of sp³-hybridized carbons (Fsp3) is 0.176. The normalized spacial score (nSPS) is 13.4. The fourth-order valence-corrected chi connectivity index (χ4v) is 2.88. The first kappa shape index (κ1) is 12.3. The maximum Gasteiger partial charge on any atom is 0.118 e. The molecule has 1 aliphatic heterocycles. The van der Waals surface area contributed by atoms with Crippen LogP contribution < -0.4 is 5.32 Å². The third-order valence-electron chi connectivity index (χ3n) is 3.99. The molecule has 4 heteroatoms. The molecule has 4 nitrogen and oxygen atoms in total. The molecule has 104 valence electrons. The van der Waals surface area contributed by atoms with E-state index in [1.807, 2.05) is 16.8 Å². The van der Waals surface area contributed by atoms with Crippen LogP contribution in [0.2, 0.25) is 0 Å². The molecule has 3 aromatic rings. The standard InChI is InChI=1S/C17H16N4/c1-12-6-2-4-8-14(12)17-16-11-18-10-13-7-3-5-9-15(13)21(16)20-19-17/h2-9,18H,10-11H2,1H3. The van der Waals surface area contributed by atoms with E-state index in [1.54, 1.807) is 0 Å². The molecule has 0 amide bonds. The number of aryl methyl sites for hydroxylation is 1. The van der Waals surface area contributed by atoms with Gasteiger partial charge >= 0.3 is 0 Å². The Morgan fingerprint density at radius 3 is 2.71 bits per heavy atom. The molecule has 0 spiro atoms. The number of rotatable bonds is 1. The van der Waals surface area contributed by atoms with Crippen LogP contribution in [0.5, 0.6) is 0 Å². The van der Waals surface area contributed by atoms with Gasteiger partial charge in [-0.05, 0) is 24.1 Å². The lowest BCUT2D eigenvalue weighted by Gasteiger charge is -2.07. The predicted molar refractivity (Wildman–Crippen MR) is 82.1 cm³/mol. The summed E-state index contributed by atoms with van der Waals surface area (Å²) >= 11 is 0. The van der Waals surface area contributed by atoms with Crippen LogP contribution in [0.1, 0.15) is 16.8 Å². The molecule has 0 saturated heterocycles. The van der Waals surface area contributed by atoms with E-state index in [1.165, 1.54) is 11.1 Å². The van der Waals surface area contributed by atoms with Crippen molar-refractivity contribution in [2.24, 2.45) is 0 Å². The van der Waals surface area contributed by atoms with Crippen molar-refractivity contribution in [3.05, 3.63) is 65.4 Å². The third kappa shape index (κ3) is 1.96. The summed E-state index contributed by atoms with van der Waals surface area (Å²) in [6.45, 7) is 3.73. The maximum absolute atomic E-state index is 4.44. The van der Waals surface area contributed by atoms with Crippen molar-refractivity contribution in [1.82, 2.24) is 20.3 Å². The molecule has 2 aromatic carbocycles. The number of benzene rings is 2. The Balaban J connectivity index is 1.93. The van der Waals surface area contributed by atoms with Crippen molar-refractivity contribution in [1.29, 1.82) is 0 Å². The second kappa shape index (κ2) is 4.82. The summed E-state index contributed by atoms with van der Waals surface area (Å²) in [7, 11) is 0. The molecule has 0 saturated carbocycles. The van der Waals surface area contributed by atoms with Gasteiger partial charge in [0.15, 0.2) is 0 Å². The number of aromatic nitrogens is 3. The van der Waals surface area contributed by atoms with E-state index in [4.69, 9.17) is 0 Å². The Kier molecular flexibility index (Phi) is 2.82. The Bertz CT molecular complexity index is 804. The van der Waals surface area contributed by atoms with Crippen molar-refractivity contribution in [2.75, 3.05) is 0 Å². The van der Waals surface area contributed by atoms with Gasteiger partial charge in [-0.2, -0.15) is 0 Å². The minimum absolute atomic E-state index is 0.769. The molecule has 0 unspecified atom stereocenters. The molecular weight excluding hydrogens is 260 g/mol. The Labute approximate surface area is 123 Å². The van der Waals surface area contributed by atoms with Crippen molar-refractivity contribution in [3.63, 3.8) is 0 Å². The molecule has 0 radical (unpaired) electrons. The predicted octanol–water partition coefficient (Wildman–Crippen LogP) is 2.85. The highest BCUT2D eigenvalue weighted by Crippen LogP contribution is 2.28. The average molecular weight is 276 g/mol. The van der Waals surface area contributed by atoms with Crippen molar-refractivity contribution in [2.45, 2.75) is 20.0 Å². The lowest BCUT2D eigenvalue weighted by atomic mass is 10.0. The van der Waals surface area contributed by atoms with E-state index >= 15 is 0 Å². The van der Waals surface area contributed by atoms with E-state index < -0.39 is 0 Å². The van der Waals surface area contributed by atoms with Gasteiger partial charge in [0.1, 0.15) is 5.69 Å². The molecule has 1 N–H and O–H groups in total. The van der Waals surface area contributed by atoms with Crippen molar-refractivity contribution >= 4 is 0 Å². The quantitative estimate of drug-likeness (QED) is 0.743. The van der Waals surface area contributed by atoms with Crippen LogP contribution in [0, 0.1) is 6.92 Å². The minimum atomic E-state index is 0.769. The molecular formula is C17H16N4. The number of fused-ring (bicyclic) bond motifs is 3. The second-order valence-electron chi connectivity index (χ2n) is 5.34. The van der Waals surface area contributed by atoms with Gasteiger partial charge in [-0.3, -0.25) is 0 Å². The highest BCUT2D eigenvalue weighted by Gasteiger charge is 2.20.